The fourth-order valence-electron chi connectivity index (χ4n) is 6.02. The molecule has 1 amide bonds. The average molecular weight is 428 g/mol. The summed E-state index contributed by atoms with van der Waals surface area (Å²) in [5, 5.41) is 11.8. The van der Waals surface area contributed by atoms with Gasteiger partial charge < -0.3 is 14.5 Å². The number of carbonyl (C=O) groups excluding carboxylic acids is 2. The zero-order valence-electron chi connectivity index (χ0n) is 16.9. The molecule has 4 fully saturated rings. The monoisotopic (exact) mass is 427 g/mol. The standard InChI is InChI=1S/C22H25N3O4S/c1-28-19(27)16-3-2-4-17(8-16)23-18(26)12-30-21-25-24-20(29-21)22-9-13-5-14(10-22)7-15(6-13)11-22/h2-4,8,13-15H,5-7,9-12H2,1H3,(H,23,26). The van der Waals surface area contributed by atoms with Gasteiger partial charge in [0.25, 0.3) is 5.22 Å². The molecule has 0 saturated heterocycles. The minimum Gasteiger partial charge on any atom is -0.465 e. The highest BCUT2D eigenvalue weighted by Gasteiger charge is 2.54. The molecule has 30 heavy (non-hydrogen) atoms. The minimum atomic E-state index is -0.441. The number of anilines is 1. The second kappa shape index (κ2) is 7.72. The second-order valence-electron chi connectivity index (χ2n) is 8.98. The number of amides is 1. The van der Waals surface area contributed by atoms with E-state index in [0.717, 1.165) is 23.6 Å². The molecule has 0 atom stereocenters. The van der Waals surface area contributed by atoms with Gasteiger partial charge in [0.05, 0.1) is 18.4 Å². The molecule has 8 heteroatoms. The van der Waals surface area contributed by atoms with Crippen molar-refractivity contribution in [3.8, 4) is 0 Å². The van der Waals surface area contributed by atoms with Gasteiger partial charge in [-0.25, -0.2) is 4.79 Å². The maximum absolute atomic E-state index is 12.3. The highest BCUT2D eigenvalue weighted by atomic mass is 32.2. The van der Waals surface area contributed by atoms with E-state index in [1.165, 1.54) is 57.4 Å². The molecule has 7 nitrogen and oxygen atoms in total. The molecule has 0 radical (unpaired) electrons. The lowest BCUT2D eigenvalue weighted by Gasteiger charge is -2.55. The fraction of sp³-hybridized carbons (Fsp3) is 0.545. The largest absolute Gasteiger partial charge is 0.465 e. The Bertz CT molecular complexity index is 938. The van der Waals surface area contributed by atoms with Gasteiger partial charge in [-0.15, -0.1) is 10.2 Å². The fourth-order valence-corrected chi connectivity index (χ4v) is 6.58. The number of ether oxygens (including phenoxy) is 1. The Hall–Kier alpha value is -2.35. The lowest BCUT2D eigenvalue weighted by Crippen LogP contribution is -2.48. The number of aromatic nitrogens is 2. The van der Waals surface area contributed by atoms with Crippen molar-refractivity contribution in [2.24, 2.45) is 17.8 Å². The highest BCUT2D eigenvalue weighted by molar-refractivity contribution is 7.99. The summed E-state index contributed by atoms with van der Waals surface area (Å²) in [7, 11) is 1.33. The number of esters is 1. The van der Waals surface area contributed by atoms with Crippen LogP contribution in [0, 0.1) is 17.8 Å². The van der Waals surface area contributed by atoms with Crippen LogP contribution in [0.5, 0.6) is 0 Å². The van der Waals surface area contributed by atoms with Crippen LogP contribution in [0.1, 0.15) is 54.8 Å². The number of benzene rings is 1. The van der Waals surface area contributed by atoms with E-state index in [2.05, 4.69) is 15.5 Å². The van der Waals surface area contributed by atoms with Crippen LogP contribution < -0.4 is 5.32 Å². The van der Waals surface area contributed by atoms with E-state index in [1.54, 1.807) is 24.3 Å². The number of thioether (sulfide) groups is 1. The third-order valence-electron chi connectivity index (χ3n) is 6.79. The molecular formula is C22H25N3O4S. The van der Waals surface area contributed by atoms with Gasteiger partial charge in [-0.3, -0.25) is 4.79 Å². The molecule has 1 N–H and O–H groups in total. The molecule has 4 bridgehead atoms. The zero-order valence-corrected chi connectivity index (χ0v) is 17.7. The van der Waals surface area contributed by atoms with Crippen LogP contribution in [0.2, 0.25) is 0 Å². The first-order chi connectivity index (χ1) is 14.5. The molecule has 1 aromatic heterocycles. The summed E-state index contributed by atoms with van der Waals surface area (Å²) in [5.41, 5.74) is 1.00. The van der Waals surface area contributed by atoms with E-state index in [4.69, 9.17) is 9.15 Å². The van der Waals surface area contributed by atoms with E-state index in [0.29, 0.717) is 16.5 Å². The number of nitrogens with zero attached hydrogens (tertiary/aromatic N) is 2. The maximum Gasteiger partial charge on any atom is 0.337 e. The molecule has 0 unspecified atom stereocenters. The van der Waals surface area contributed by atoms with Gasteiger partial charge in [0.1, 0.15) is 0 Å². The van der Waals surface area contributed by atoms with Crippen molar-refractivity contribution in [2.45, 2.75) is 49.2 Å². The maximum atomic E-state index is 12.3. The first-order valence-electron chi connectivity index (χ1n) is 10.5. The summed E-state index contributed by atoms with van der Waals surface area (Å²) in [4.78, 5) is 24.0. The molecule has 4 aliphatic carbocycles. The van der Waals surface area contributed by atoms with Crippen molar-refractivity contribution in [1.29, 1.82) is 0 Å². The predicted octanol–water partition coefficient (Wildman–Crippen LogP) is 4.05. The lowest BCUT2D eigenvalue weighted by atomic mass is 9.49. The van der Waals surface area contributed by atoms with E-state index in [1.807, 2.05) is 0 Å². The van der Waals surface area contributed by atoms with Crippen molar-refractivity contribution >= 4 is 29.3 Å². The Morgan fingerprint density at radius 3 is 2.53 bits per heavy atom. The molecule has 0 spiro atoms. The van der Waals surface area contributed by atoms with Crippen LogP contribution in [0.3, 0.4) is 0 Å². The van der Waals surface area contributed by atoms with Gasteiger partial charge in [0, 0.05) is 11.1 Å². The number of hydrogen-bond acceptors (Lipinski definition) is 7. The van der Waals surface area contributed by atoms with Gasteiger partial charge in [-0.1, -0.05) is 17.8 Å². The van der Waals surface area contributed by atoms with Gasteiger partial charge >= 0.3 is 5.97 Å². The first kappa shape index (κ1) is 19.6. The third kappa shape index (κ3) is 3.73. The van der Waals surface area contributed by atoms with Crippen LogP contribution in [-0.4, -0.2) is 34.9 Å². The predicted molar refractivity (Wildman–Crippen MR) is 111 cm³/mol. The minimum absolute atomic E-state index is 0.0666. The number of rotatable bonds is 6. The van der Waals surface area contributed by atoms with Crippen molar-refractivity contribution in [2.75, 3.05) is 18.2 Å². The molecule has 4 saturated carbocycles. The molecule has 158 valence electrons. The molecule has 6 rings (SSSR count). The Morgan fingerprint density at radius 2 is 1.87 bits per heavy atom. The Morgan fingerprint density at radius 1 is 1.17 bits per heavy atom. The average Bonchev–Trinajstić information content (AvgIpc) is 3.21. The second-order valence-corrected chi connectivity index (χ2v) is 9.91. The topological polar surface area (TPSA) is 94.3 Å². The van der Waals surface area contributed by atoms with Crippen LogP contribution >= 0.6 is 11.8 Å². The number of methoxy groups -OCH3 is 1. The smallest absolute Gasteiger partial charge is 0.337 e. The van der Waals surface area contributed by atoms with Crippen molar-refractivity contribution < 1.29 is 18.7 Å². The zero-order chi connectivity index (χ0) is 20.7. The van der Waals surface area contributed by atoms with Crippen LogP contribution in [0.25, 0.3) is 0 Å². The molecule has 1 aromatic carbocycles. The SMILES string of the molecule is COC(=O)c1cccc(NC(=O)CSc2nnc(C34CC5CC(CC(C5)C3)C4)o2)c1. The van der Waals surface area contributed by atoms with Crippen molar-refractivity contribution in [1.82, 2.24) is 10.2 Å². The summed E-state index contributed by atoms with van der Waals surface area (Å²) in [6, 6.07) is 6.66. The quantitative estimate of drug-likeness (QED) is 0.549. The Labute approximate surface area is 179 Å². The highest BCUT2D eigenvalue weighted by Crippen LogP contribution is 2.60. The van der Waals surface area contributed by atoms with Crippen LogP contribution in [0.15, 0.2) is 33.9 Å². The van der Waals surface area contributed by atoms with Gasteiger partial charge in [0.15, 0.2) is 0 Å². The van der Waals surface area contributed by atoms with Crippen molar-refractivity contribution in [3.63, 3.8) is 0 Å². The van der Waals surface area contributed by atoms with E-state index in [9.17, 15) is 9.59 Å². The van der Waals surface area contributed by atoms with Gasteiger partial charge in [-0.2, -0.15) is 0 Å². The van der Waals surface area contributed by atoms with Crippen molar-refractivity contribution in [3.05, 3.63) is 35.7 Å². The summed E-state index contributed by atoms with van der Waals surface area (Å²) in [5.74, 6) is 2.73. The summed E-state index contributed by atoms with van der Waals surface area (Å²) >= 11 is 1.24. The molecule has 4 aliphatic rings. The molecule has 1 heterocycles. The number of hydrogen-bond donors (Lipinski definition) is 1. The molecular weight excluding hydrogens is 402 g/mol. The van der Waals surface area contributed by atoms with Gasteiger partial charge in [-0.05, 0) is 74.5 Å². The Balaban J connectivity index is 1.20. The molecule has 2 aromatic rings. The third-order valence-corrected chi connectivity index (χ3v) is 7.61. The summed E-state index contributed by atoms with van der Waals surface area (Å²) < 4.78 is 10.7. The Kier molecular flexibility index (Phi) is 5.05. The number of nitrogens with one attached hydrogen (secondary N) is 1. The van der Waals surface area contributed by atoms with E-state index in [-0.39, 0.29) is 17.1 Å². The van der Waals surface area contributed by atoms with Gasteiger partial charge in [0.2, 0.25) is 11.8 Å². The number of carbonyl (C=O) groups is 2. The van der Waals surface area contributed by atoms with Crippen LogP contribution in [0.4, 0.5) is 5.69 Å². The molecule has 0 aliphatic heterocycles. The normalized spacial score (nSPS) is 29.0. The summed E-state index contributed by atoms with van der Waals surface area (Å²) in [6.45, 7) is 0. The lowest BCUT2D eigenvalue weighted by molar-refractivity contribution is -0.113. The van der Waals surface area contributed by atoms with E-state index >= 15 is 0 Å². The van der Waals surface area contributed by atoms with E-state index < -0.39 is 5.97 Å². The first-order valence-corrected chi connectivity index (χ1v) is 11.5. The van der Waals surface area contributed by atoms with Crippen LogP contribution in [-0.2, 0) is 14.9 Å². The summed E-state index contributed by atoms with van der Waals surface area (Å²) in [6.07, 6.45) is 7.61.